The highest BCUT2D eigenvalue weighted by Gasteiger charge is 2.42. The van der Waals surface area contributed by atoms with E-state index in [-0.39, 0.29) is 35.8 Å². The second-order valence-electron chi connectivity index (χ2n) is 8.98. The summed E-state index contributed by atoms with van der Waals surface area (Å²) in [6.45, 7) is 1.68. The molecule has 0 saturated carbocycles. The Morgan fingerprint density at radius 1 is 1.09 bits per heavy atom. The molecule has 3 atom stereocenters. The van der Waals surface area contributed by atoms with E-state index < -0.39 is 16.7 Å². The molecule has 2 aromatic rings. The lowest BCUT2D eigenvalue weighted by molar-refractivity contribution is -0.138. The molecule has 4 heterocycles. The van der Waals surface area contributed by atoms with Gasteiger partial charge in [-0.05, 0) is 48.7 Å². The van der Waals surface area contributed by atoms with Crippen molar-refractivity contribution >= 4 is 23.2 Å². The number of hydrogen-bond donors (Lipinski definition) is 1. The van der Waals surface area contributed by atoms with Crippen LogP contribution in [0.1, 0.15) is 24.5 Å². The molecule has 10 nitrogen and oxygen atoms in total. The molecule has 2 saturated heterocycles. The monoisotopic (exact) mass is 453 g/mol. The smallest absolute Gasteiger partial charge is 0.275 e. The molecule has 1 aromatic carbocycles. The number of fused-ring (bicyclic) bond motifs is 4. The van der Waals surface area contributed by atoms with Gasteiger partial charge in [-0.2, -0.15) is 0 Å². The minimum atomic E-state index is -0.518. The molecule has 2 bridgehead atoms. The molecule has 1 aromatic heterocycles. The molecule has 0 radical (unpaired) electrons. The Balaban J connectivity index is 1.31. The molecule has 0 aliphatic carbocycles. The van der Waals surface area contributed by atoms with E-state index in [1.54, 1.807) is 34.8 Å². The summed E-state index contributed by atoms with van der Waals surface area (Å²) in [5.74, 6) is 0.213. The summed E-state index contributed by atoms with van der Waals surface area (Å²) < 4.78 is 6.71. The number of likely N-dealkylation sites (tertiary alicyclic amines) is 1. The van der Waals surface area contributed by atoms with E-state index >= 15 is 0 Å². The minimum Gasteiger partial charge on any atom is -0.733 e. The second-order valence-corrected chi connectivity index (χ2v) is 8.98. The van der Waals surface area contributed by atoms with Crippen LogP contribution in [-0.2, 0) is 16.1 Å². The lowest BCUT2D eigenvalue weighted by Gasteiger charge is -2.43. The zero-order valence-electron chi connectivity index (χ0n) is 18.2. The summed E-state index contributed by atoms with van der Waals surface area (Å²) in [6.07, 6.45) is 1.02. The maximum atomic E-state index is 13.4. The molecular formula is C23H25N4O6-. The van der Waals surface area contributed by atoms with Gasteiger partial charge in [0.2, 0.25) is 11.8 Å². The molecule has 10 heteroatoms. The molecule has 1 N–H and O–H groups in total. The van der Waals surface area contributed by atoms with Crippen LogP contribution in [0.5, 0.6) is 5.75 Å². The van der Waals surface area contributed by atoms with Crippen LogP contribution in [0.25, 0.3) is 0 Å². The highest BCUT2D eigenvalue weighted by Crippen LogP contribution is 2.37. The number of nitrogens with zero attached hydrogens (tertiary/aromatic N) is 4. The van der Waals surface area contributed by atoms with Crippen LogP contribution in [0.2, 0.25) is 0 Å². The fourth-order valence-electron chi connectivity index (χ4n) is 5.40. The number of carbonyl (C=O) groups is 2. The molecule has 0 spiro atoms. The number of carbonyl (C=O) groups excluding carboxylic acids is 2. The summed E-state index contributed by atoms with van der Waals surface area (Å²) in [7, 11) is 1.58. The van der Waals surface area contributed by atoms with Crippen LogP contribution in [0.4, 0.5) is 11.4 Å². The quantitative estimate of drug-likeness (QED) is 0.698. The van der Waals surface area contributed by atoms with Gasteiger partial charge >= 0.3 is 0 Å². The molecule has 1 unspecified atom stereocenters. The molecular weight excluding hydrogens is 428 g/mol. The van der Waals surface area contributed by atoms with Gasteiger partial charge in [-0.25, -0.2) is 0 Å². The van der Waals surface area contributed by atoms with Gasteiger partial charge in [0, 0.05) is 49.9 Å². The first kappa shape index (κ1) is 21.5. The van der Waals surface area contributed by atoms with Crippen molar-refractivity contribution in [3.05, 3.63) is 57.7 Å². The standard InChI is InChI=1S/C23H25N4O6/c1-33-18-4-2-17(3-5-18)25-13-16(9-21(25)28)22(29)24-10-14-8-15(12-24)19-6-7-20(27(31)32)23(30)26(19)11-14/h2-7,14-16,31H,8-13H2,1H3/q-1/t14-,15-,16?/m0/s1. The number of benzene rings is 1. The van der Waals surface area contributed by atoms with Gasteiger partial charge in [-0.15, -0.1) is 0 Å². The van der Waals surface area contributed by atoms with Gasteiger partial charge in [0.1, 0.15) is 11.4 Å². The summed E-state index contributed by atoms with van der Waals surface area (Å²) >= 11 is 0. The Morgan fingerprint density at radius 2 is 1.85 bits per heavy atom. The summed E-state index contributed by atoms with van der Waals surface area (Å²) in [5.41, 5.74) is 0.680. The second kappa shape index (κ2) is 8.20. The average Bonchev–Trinajstić information content (AvgIpc) is 3.20. The van der Waals surface area contributed by atoms with Gasteiger partial charge < -0.3 is 29.5 Å². The molecule has 2 amide bonds. The van der Waals surface area contributed by atoms with E-state index in [9.17, 15) is 24.8 Å². The number of anilines is 2. The average molecular weight is 453 g/mol. The number of aromatic nitrogens is 1. The first-order valence-corrected chi connectivity index (χ1v) is 11.0. The van der Waals surface area contributed by atoms with Crippen LogP contribution in [0.15, 0.2) is 41.2 Å². The highest BCUT2D eigenvalue weighted by atomic mass is 16.8. The third kappa shape index (κ3) is 3.75. The van der Waals surface area contributed by atoms with E-state index in [0.29, 0.717) is 31.9 Å². The van der Waals surface area contributed by atoms with Gasteiger partial charge in [-0.3, -0.25) is 19.6 Å². The molecule has 5 rings (SSSR count). The predicted octanol–water partition coefficient (Wildman–Crippen LogP) is 1.55. The van der Waals surface area contributed by atoms with E-state index in [1.807, 2.05) is 17.0 Å². The summed E-state index contributed by atoms with van der Waals surface area (Å²) in [6, 6.07) is 10.2. The number of piperidine rings is 1. The number of amides is 2. The Labute approximate surface area is 190 Å². The predicted molar refractivity (Wildman–Crippen MR) is 119 cm³/mol. The first-order chi connectivity index (χ1) is 15.9. The number of pyridine rings is 1. The minimum absolute atomic E-state index is 0.0307. The fourth-order valence-corrected chi connectivity index (χ4v) is 5.40. The van der Waals surface area contributed by atoms with E-state index in [4.69, 9.17) is 4.74 Å². The zero-order chi connectivity index (χ0) is 23.3. The van der Waals surface area contributed by atoms with E-state index in [0.717, 1.165) is 17.8 Å². The summed E-state index contributed by atoms with van der Waals surface area (Å²) in [4.78, 5) is 42.1. The van der Waals surface area contributed by atoms with Crippen molar-refractivity contribution in [3.8, 4) is 5.75 Å². The van der Waals surface area contributed by atoms with Gasteiger partial charge in [0.05, 0.1) is 13.0 Å². The lowest BCUT2D eigenvalue weighted by atomic mass is 9.82. The number of methoxy groups -OCH3 is 1. The van der Waals surface area contributed by atoms with Crippen LogP contribution < -0.4 is 20.4 Å². The molecule has 33 heavy (non-hydrogen) atoms. The van der Waals surface area contributed by atoms with Crippen molar-refractivity contribution in [3.63, 3.8) is 0 Å². The third-order valence-electron chi connectivity index (χ3n) is 6.96. The maximum Gasteiger partial charge on any atom is 0.275 e. The van der Waals surface area contributed by atoms with Crippen LogP contribution in [0, 0.1) is 17.0 Å². The Bertz CT molecular complexity index is 1140. The fraction of sp³-hybridized carbons (Fsp3) is 0.435. The molecule has 2 fully saturated rings. The molecule has 3 aliphatic heterocycles. The Kier molecular flexibility index (Phi) is 5.34. The highest BCUT2D eigenvalue weighted by molar-refractivity contribution is 6.00. The third-order valence-corrected chi connectivity index (χ3v) is 6.96. The van der Waals surface area contributed by atoms with Crippen molar-refractivity contribution in [2.45, 2.75) is 25.3 Å². The summed E-state index contributed by atoms with van der Waals surface area (Å²) in [5, 5.41) is 20.0. The Morgan fingerprint density at radius 3 is 2.55 bits per heavy atom. The van der Waals surface area contributed by atoms with Gasteiger partial charge in [0.15, 0.2) is 0 Å². The maximum absolute atomic E-state index is 13.4. The number of rotatable bonds is 4. The number of hydrogen-bond acceptors (Lipinski definition) is 7. The topological polar surface area (TPSA) is 118 Å². The van der Waals surface area contributed by atoms with Crippen LogP contribution in [0.3, 0.4) is 0 Å². The van der Waals surface area contributed by atoms with Gasteiger partial charge in [0.25, 0.3) is 5.56 Å². The Hall–Kier alpha value is -3.37. The molecule has 174 valence electrons. The largest absolute Gasteiger partial charge is 0.733 e. The van der Waals surface area contributed by atoms with E-state index in [1.165, 1.54) is 6.07 Å². The normalized spacial score (nSPS) is 24.0. The zero-order valence-corrected chi connectivity index (χ0v) is 18.2. The van der Waals surface area contributed by atoms with Crippen molar-refractivity contribution in [2.75, 3.05) is 36.9 Å². The first-order valence-electron chi connectivity index (χ1n) is 11.0. The number of ether oxygens (including phenoxy) is 1. The van der Waals surface area contributed by atoms with Gasteiger partial charge in [-0.1, -0.05) is 0 Å². The lowest BCUT2D eigenvalue weighted by Crippen LogP contribution is -2.51. The SMILES string of the molecule is COc1ccc(N2CC(C(=O)N3C[C@@H]4C[C@@H](C3)c3ccc(N([O-])O)c(=O)n3C4)CC2=O)cc1. The van der Waals surface area contributed by atoms with Crippen LogP contribution in [-0.4, -0.2) is 53.2 Å². The van der Waals surface area contributed by atoms with Crippen LogP contribution >= 0.6 is 0 Å². The van der Waals surface area contributed by atoms with Crippen molar-refractivity contribution in [1.29, 1.82) is 0 Å². The van der Waals surface area contributed by atoms with Crippen molar-refractivity contribution in [1.82, 2.24) is 9.47 Å². The van der Waals surface area contributed by atoms with Crippen molar-refractivity contribution in [2.24, 2.45) is 11.8 Å². The van der Waals surface area contributed by atoms with Crippen molar-refractivity contribution < 1.29 is 19.5 Å². The van der Waals surface area contributed by atoms with E-state index in [2.05, 4.69) is 0 Å². The molecule has 3 aliphatic rings.